The number of aryl methyl sites for hydroxylation is 1. The Kier molecular flexibility index (Phi) is 5.15. The summed E-state index contributed by atoms with van der Waals surface area (Å²) in [6.45, 7) is 7.22. The maximum atomic E-state index is 12.6. The van der Waals surface area contributed by atoms with E-state index < -0.39 is 9.84 Å². The predicted octanol–water partition coefficient (Wildman–Crippen LogP) is 1.45. The fraction of sp³-hybridized carbons (Fsp3) is 0.444. The summed E-state index contributed by atoms with van der Waals surface area (Å²) in [5.41, 5.74) is 1.97. The number of nitrogens with one attached hydrogen (secondary N) is 1. The fourth-order valence-corrected chi connectivity index (χ4v) is 4.97. The molecular formula is C18H24N4O3S. The Morgan fingerprint density at radius 1 is 1.27 bits per heavy atom. The van der Waals surface area contributed by atoms with E-state index in [4.69, 9.17) is 0 Å². The summed E-state index contributed by atoms with van der Waals surface area (Å²) >= 11 is 0. The van der Waals surface area contributed by atoms with Gasteiger partial charge in [-0.25, -0.2) is 8.42 Å². The van der Waals surface area contributed by atoms with E-state index in [2.05, 4.69) is 29.2 Å². The normalized spacial score (nSPS) is 14.8. The second kappa shape index (κ2) is 7.20. The Morgan fingerprint density at radius 3 is 2.65 bits per heavy atom. The summed E-state index contributed by atoms with van der Waals surface area (Å²) in [6.07, 6.45) is 0. The van der Waals surface area contributed by atoms with Crippen molar-refractivity contribution in [1.29, 1.82) is 0 Å². The molecule has 0 spiro atoms. The molecule has 1 aromatic carbocycles. The van der Waals surface area contributed by atoms with E-state index in [0.29, 0.717) is 28.3 Å². The lowest BCUT2D eigenvalue weighted by atomic mass is 10.1. The molecule has 0 aliphatic carbocycles. The minimum absolute atomic E-state index is 0.195. The van der Waals surface area contributed by atoms with E-state index in [1.54, 1.807) is 36.0 Å². The number of carbonyl (C=O) groups excluding carboxylic acids is 1. The molecule has 8 heteroatoms. The Bertz CT molecular complexity index is 930. The van der Waals surface area contributed by atoms with Gasteiger partial charge in [-0.3, -0.25) is 9.48 Å². The number of carbonyl (C=O) groups is 1. The van der Waals surface area contributed by atoms with Crippen LogP contribution in [0.1, 0.15) is 29.9 Å². The zero-order valence-electron chi connectivity index (χ0n) is 15.3. The molecule has 0 unspecified atom stereocenters. The van der Waals surface area contributed by atoms with Crippen LogP contribution in [0.15, 0.2) is 29.2 Å². The van der Waals surface area contributed by atoms with Crippen LogP contribution in [-0.2, 0) is 22.6 Å². The first-order valence-electron chi connectivity index (χ1n) is 8.77. The van der Waals surface area contributed by atoms with Crippen molar-refractivity contribution >= 4 is 15.7 Å². The van der Waals surface area contributed by atoms with Gasteiger partial charge < -0.3 is 10.2 Å². The highest BCUT2D eigenvalue weighted by atomic mass is 32.2. The van der Waals surface area contributed by atoms with Crippen LogP contribution in [0.25, 0.3) is 11.3 Å². The van der Waals surface area contributed by atoms with Crippen molar-refractivity contribution in [2.75, 3.05) is 26.2 Å². The smallest absolute Gasteiger partial charge is 0.272 e. The molecule has 1 N–H and O–H groups in total. The van der Waals surface area contributed by atoms with Crippen molar-refractivity contribution in [1.82, 2.24) is 20.0 Å². The monoisotopic (exact) mass is 376 g/mol. The molecule has 26 heavy (non-hydrogen) atoms. The summed E-state index contributed by atoms with van der Waals surface area (Å²) in [6, 6.07) is 6.86. The minimum Gasteiger partial charge on any atom is -0.349 e. The number of fused-ring (bicyclic) bond motifs is 3. The van der Waals surface area contributed by atoms with Crippen molar-refractivity contribution in [3.63, 3.8) is 0 Å². The quantitative estimate of drug-likeness (QED) is 0.825. The third kappa shape index (κ3) is 3.26. The maximum Gasteiger partial charge on any atom is 0.272 e. The number of benzene rings is 1. The number of hydrogen-bond acceptors (Lipinski definition) is 5. The topological polar surface area (TPSA) is 84.3 Å². The number of sulfone groups is 1. The summed E-state index contributed by atoms with van der Waals surface area (Å²) in [5.74, 6) is -0.532. The molecule has 0 atom stereocenters. The van der Waals surface area contributed by atoms with Gasteiger partial charge in [0.15, 0.2) is 15.5 Å². The average molecular weight is 376 g/mol. The van der Waals surface area contributed by atoms with E-state index in [1.165, 1.54) is 0 Å². The highest BCUT2D eigenvalue weighted by Gasteiger charge is 2.34. The molecular weight excluding hydrogens is 352 g/mol. The maximum absolute atomic E-state index is 12.6. The molecule has 2 aromatic rings. The van der Waals surface area contributed by atoms with Crippen LogP contribution in [0.3, 0.4) is 0 Å². The third-order valence-corrected chi connectivity index (χ3v) is 6.47. The van der Waals surface area contributed by atoms with Crippen molar-refractivity contribution in [3.8, 4) is 11.3 Å². The van der Waals surface area contributed by atoms with Gasteiger partial charge in [0.25, 0.3) is 5.91 Å². The van der Waals surface area contributed by atoms with E-state index in [-0.39, 0.29) is 17.4 Å². The van der Waals surface area contributed by atoms with Gasteiger partial charge in [-0.15, -0.1) is 0 Å². The predicted molar refractivity (Wildman–Crippen MR) is 99.7 cm³/mol. The Morgan fingerprint density at radius 2 is 1.96 bits per heavy atom. The Hall–Kier alpha value is -2.19. The van der Waals surface area contributed by atoms with Gasteiger partial charge in [0.2, 0.25) is 0 Å². The highest BCUT2D eigenvalue weighted by Crippen LogP contribution is 2.38. The third-order valence-electron chi connectivity index (χ3n) is 4.78. The molecule has 1 amide bonds. The average Bonchev–Trinajstić information content (AvgIpc) is 2.94. The number of nitrogens with zero attached hydrogens (tertiary/aromatic N) is 3. The van der Waals surface area contributed by atoms with Crippen LogP contribution in [0, 0.1) is 0 Å². The number of aromatic nitrogens is 2. The molecule has 0 fully saturated rings. The molecule has 1 aromatic heterocycles. The van der Waals surface area contributed by atoms with Crippen molar-refractivity contribution in [2.24, 2.45) is 7.05 Å². The molecule has 2 heterocycles. The van der Waals surface area contributed by atoms with Gasteiger partial charge >= 0.3 is 0 Å². The first kappa shape index (κ1) is 18.6. The van der Waals surface area contributed by atoms with E-state index >= 15 is 0 Å². The number of likely N-dealkylation sites (N-methyl/N-ethyl adjacent to an activating group) is 1. The second-order valence-electron chi connectivity index (χ2n) is 6.34. The number of rotatable bonds is 6. The molecule has 0 saturated heterocycles. The van der Waals surface area contributed by atoms with E-state index in [1.807, 2.05) is 0 Å². The summed E-state index contributed by atoms with van der Waals surface area (Å²) in [4.78, 5) is 15.1. The Labute approximate surface area is 153 Å². The molecule has 3 rings (SSSR count). The van der Waals surface area contributed by atoms with Crippen molar-refractivity contribution < 1.29 is 13.2 Å². The van der Waals surface area contributed by atoms with Crippen LogP contribution < -0.4 is 5.32 Å². The largest absolute Gasteiger partial charge is 0.349 e. The lowest BCUT2D eigenvalue weighted by molar-refractivity contribution is 0.0942. The van der Waals surface area contributed by atoms with Crippen molar-refractivity contribution in [3.05, 3.63) is 35.5 Å². The van der Waals surface area contributed by atoms with E-state index in [0.717, 1.165) is 19.6 Å². The second-order valence-corrected chi connectivity index (χ2v) is 8.30. The summed E-state index contributed by atoms with van der Waals surface area (Å²) in [7, 11) is -1.75. The summed E-state index contributed by atoms with van der Waals surface area (Å²) in [5, 5.41) is 7.18. The fourth-order valence-electron chi connectivity index (χ4n) is 3.38. The molecule has 140 valence electrons. The van der Waals surface area contributed by atoms with Gasteiger partial charge in [0.05, 0.1) is 16.3 Å². The zero-order valence-corrected chi connectivity index (χ0v) is 16.1. The number of amides is 1. The first-order chi connectivity index (χ1) is 12.4. The molecule has 0 bridgehead atoms. The van der Waals surface area contributed by atoms with Crippen molar-refractivity contribution in [2.45, 2.75) is 24.5 Å². The SMILES string of the molecule is CCN(CC)CCNC(=O)c1nn(C)c2c1CS(=O)(=O)c1ccccc1-2. The van der Waals surface area contributed by atoms with Crippen LogP contribution in [-0.4, -0.2) is 55.2 Å². The number of hydrogen-bond donors (Lipinski definition) is 1. The van der Waals surface area contributed by atoms with Gasteiger partial charge in [0, 0.05) is 31.3 Å². The molecule has 1 aliphatic rings. The highest BCUT2D eigenvalue weighted by molar-refractivity contribution is 7.90. The Balaban J connectivity index is 1.90. The molecule has 1 aliphatic heterocycles. The molecule has 7 nitrogen and oxygen atoms in total. The van der Waals surface area contributed by atoms with Crippen LogP contribution in [0.2, 0.25) is 0 Å². The minimum atomic E-state index is -3.48. The standard InChI is InChI=1S/C18H24N4O3S/c1-4-22(5-2)11-10-19-18(23)16-14-12-26(24,25)15-9-7-6-8-13(15)17(14)21(3)20-16/h6-9H,4-5,10-12H2,1-3H3,(H,19,23). The van der Waals surface area contributed by atoms with Gasteiger partial charge in [-0.1, -0.05) is 32.0 Å². The van der Waals surface area contributed by atoms with Gasteiger partial charge in [-0.2, -0.15) is 5.10 Å². The summed E-state index contributed by atoms with van der Waals surface area (Å²) < 4.78 is 26.9. The van der Waals surface area contributed by atoms with Crippen LogP contribution >= 0.6 is 0 Å². The van der Waals surface area contributed by atoms with Crippen LogP contribution in [0.5, 0.6) is 0 Å². The zero-order chi connectivity index (χ0) is 18.9. The van der Waals surface area contributed by atoms with Gasteiger partial charge in [-0.05, 0) is 19.2 Å². The molecule has 0 radical (unpaired) electrons. The lowest BCUT2D eigenvalue weighted by Crippen LogP contribution is -2.35. The molecule has 0 saturated carbocycles. The first-order valence-corrected chi connectivity index (χ1v) is 10.4. The van der Waals surface area contributed by atoms with E-state index in [9.17, 15) is 13.2 Å². The van der Waals surface area contributed by atoms with Crippen LogP contribution in [0.4, 0.5) is 0 Å². The van der Waals surface area contributed by atoms with Gasteiger partial charge in [0.1, 0.15) is 0 Å². The lowest BCUT2D eigenvalue weighted by Gasteiger charge is -2.19.